The summed E-state index contributed by atoms with van der Waals surface area (Å²) >= 11 is 0. The van der Waals surface area contributed by atoms with Crippen molar-refractivity contribution in [1.29, 1.82) is 0 Å². The number of benzene rings is 2. The predicted octanol–water partition coefficient (Wildman–Crippen LogP) is 2.88. The van der Waals surface area contributed by atoms with Crippen molar-refractivity contribution in [2.24, 2.45) is 0 Å². The Morgan fingerprint density at radius 3 is 2.40 bits per heavy atom. The van der Waals surface area contributed by atoms with Crippen LogP contribution in [0.1, 0.15) is 18.1 Å². The van der Waals surface area contributed by atoms with E-state index >= 15 is 0 Å². The number of nitrogens with zero attached hydrogens (tertiary/aromatic N) is 2. The van der Waals surface area contributed by atoms with Gasteiger partial charge in [0, 0.05) is 6.54 Å². The van der Waals surface area contributed by atoms with Crippen molar-refractivity contribution in [2.75, 3.05) is 6.61 Å². The maximum atomic E-state index is 12.6. The van der Waals surface area contributed by atoms with Crippen LogP contribution < -0.4 is 10.4 Å². The van der Waals surface area contributed by atoms with Crippen LogP contribution in [0.15, 0.2) is 47.3 Å². The van der Waals surface area contributed by atoms with Crippen molar-refractivity contribution in [2.45, 2.75) is 40.0 Å². The highest BCUT2D eigenvalue weighted by molar-refractivity contribution is 5.75. The highest BCUT2D eigenvalue weighted by Gasteiger charge is 2.15. The second-order valence-corrected chi connectivity index (χ2v) is 6.36. The Kier molecular flexibility index (Phi) is 4.95. The molecule has 25 heavy (non-hydrogen) atoms. The number of aromatic nitrogens is 2. The van der Waals surface area contributed by atoms with Crippen LogP contribution in [0.5, 0.6) is 5.75 Å². The van der Waals surface area contributed by atoms with E-state index in [2.05, 4.69) is 0 Å². The molecule has 0 fully saturated rings. The molecule has 0 spiro atoms. The fraction of sp³-hybridized carbons (Fsp3) is 0.350. The highest BCUT2D eigenvalue weighted by atomic mass is 16.5. The van der Waals surface area contributed by atoms with E-state index in [4.69, 9.17) is 4.74 Å². The smallest absolute Gasteiger partial charge is 0.329 e. The Labute approximate surface area is 147 Å². The third kappa shape index (κ3) is 3.46. The largest absolute Gasteiger partial charge is 0.491 e. The van der Waals surface area contributed by atoms with Gasteiger partial charge in [-0.05, 0) is 44.5 Å². The molecule has 1 atom stereocenters. The van der Waals surface area contributed by atoms with Crippen molar-refractivity contribution >= 4 is 11.0 Å². The number of rotatable bonds is 6. The second kappa shape index (κ2) is 7.15. The van der Waals surface area contributed by atoms with Gasteiger partial charge in [0.1, 0.15) is 18.5 Å². The zero-order valence-corrected chi connectivity index (χ0v) is 14.9. The van der Waals surface area contributed by atoms with Crippen molar-refractivity contribution < 1.29 is 9.84 Å². The first-order valence-electron chi connectivity index (χ1n) is 8.57. The summed E-state index contributed by atoms with van der Waals surface area (Å²) in [6.45, 7) is 6.90. The quantitative estimate of drug-likeness (QED) is 0.751. The molecule has 3 rings (SSSR count). The minimum absolute atomic E-state index is 0.103. The number of para-hydroxylation sites is 2. The first-order valence-corrected chi connectivity index (χ1v) is 8.57. The molecule has 0 radical (unpaired) electrons. The summed E-state index contributed by atoms with van der Waals surface area (Å²) in [5.41, 5.74) is 3.82. The minimum atomic E-state index is -0.769. The molecule has 0 amide bonds. The lowest BCUT2D eigenvalue weighted by atomic mass is 10.1. The summed E-state index contributed by atoms with van der Waals surface area (Å²) in [4.78, 5) is 12.6. The standard InChI is InChI=1S/C20H24N2O3/c1-4-21-17-7-5-6-8-18(17)22(20(21)24)12-16(23)13-25-19-10-9-14(2)11-15(19)3/h5-11,16,23H,4,12-13H2,1-3H3/t16-/m0/s1. The van der Waals surface area contributed by atoms with Gasteiger partial charge in [0.2, 0.25) is 0 Å². The zero-order valence-electron chi connectivity index (χ0n) is 14.9. The van der Waals surface area contributed by atoms with Crippen LogP contribution in [-0.4, -0.2) is 27.0 Å². The molecule has 0 aliphatic heterocycles. The van der Waals surface area contributed by atoms with Crippen molar-refractivity contribution in [3.63, 3.8) is 0 Å². The third-order valence-corrected chi connectivity index (χ3v) is 4.40. The van der Waals surface area contributed by atoms with Gasteiger partial charge < -0.3 is 9.84 Å². The Hall–Kier alpha value is -2.53. The van der Waals surface area contributed by atoms with E-state index < -0.39 is 6.10 Å². The average molecular weight is 340 g/mol. The van der Waals surface area contributed by atoms with E-state index in [1.165, 1.54) is 5.56 Å². The number of aryl methyl sites for hydroxylation is 3. The number of hydrogen-bond acceptors (Lipinski definition) is 3. The van der Waals surface area contributed by atoms with Crippen LogP contribution in [0.2, 0.25) is 0 Å². The third-order valence-electron chi connectivity index (χ3n) is 4.40. The SMILES string of the molecule is CCn1c(=O)n(C[C@H](O)COc2ccc(C)cc2C)c2ccccc21. The number of ether oxygens (including phenoxy) is 1. The summed E-state index contributed by atoms with van der Waals surface area (Å²) in [7, 11) is 0. The van der Waals surface area contributed by atoms with E-state index in [0.717, 1.165) is 22.3 Å². The molecular formula is C20H24N2O3. The first-order chi connectivity index (χ1) is 12.0. The lowest BCUT2D eigenvalue weighted by Gasteiger charge is -2.15. The molecule has 0 aliphatic carbocycles. The Balaban J connectivity index is 1.77. The number of aliphatic hydroxyl groups excluding tert-OH is 1. The molecule has 5 heteroatoms. The van der Waals surface area contributed by atoms with Gasteiger partial charge in [0.25, 0.3) is 0 Å². The summed E-state index contributed by atoms with van der Waals surface area (Å²) < 4.78 is 9.07. The van der Waals surface area contributed by atoms with Crippen LogP contribution in [0.3, 0.4) is 0 Å². The molecule has 0 saturated heterocycles. The molecule has 0 aliphatic rings. The lowest BCUT2D eigenvalue weighted by Crippen LogP contribution is -2.31. The van der Waals surface area contributed by atoms with Crippen molar-refractivity contribution in [3.05, 3.63) is 64.1 Å². The topological polar surface area (TPSA) is 56.4 Å². The summed E-state index contributed by atoms with van der Waals surface area (Å²) in [6, 6.07) is 13.6. The summed E-state index contributed by atoms with van der Waals surface area (Å²) in [5, 5.41) is 10.4. The van der Waals surface area contributed by atoms with Gasteiger partial charge in [-0.2, -0.15) is 0 Å². The Bertz CT molecular complexity index is 940. The van der Waals surface area contributed by atoms with E-state index in [9.17, 15) is 9.90 Å². The van der Waals surface area contributed by atoms with Crippen LogP contribution in [0, 0.1) is 13.8 Å². The number of imidazole rings is 1. The maximum absolute atomic E-state index is 12.6. The molecule has 2 aromatic carbocycles. The predicted molar refractivity (Wildman–Crippen MR) is 99.3 cm³/mol. The molecule has 132 valence electrons. The van der Waals surface area contributed by atoms with Crippen LogP contribution in [-0.2, 0) is 13.1 Å². The minimum Gasteiger partial charge on any atom is -0.491 e. The highest BCUT2D eigenvalue weighted by Crippen LogP contribution is 2.19. The van der Waals surface area contributed by atoms with E-state index in [1.54, 1.807) is 9.13 Å². The number of hydrogen-bond donors (Lipinski definition) is 1. The van der Waals surface area contributed by atoms with Crippen LogP contribution >= 0.6 is 0 Å². The Morgan fingerprint density at radius 2 is 1.76 bits per heavy atom. The maximum Gasteiger partial charge on any atom is 0.329 e. The van der Waals surface area contributed by atoms with Crippen molar-refractivity contribution in [1.82, 2.24) is 9.13 Å². The van der Waals surface area contributed by atoms with Gasteiger partial charge in [-0.3, -0.25) is 9.13 Å². The van der Waals surface area contributed by atoms with Gasteiger partial charge >= 0.3 is 5.69 Å². The molecule has 0 saturated carbocycles. The molecule has 0 unspecified atom stereocenters. The fourth-order valence-corrected chi connectivity index (χ4v) is 3.17. The molecule has 1 aromatic heterocycles. The Morgan fingerprint density at radius 1 is 1.08 bits per heavy atom. The van der Waals surface area contributed by atoms with Gasteiger partial charge in [-0.25, -0.2) is 4.79 Å². The monoisotopic (exact) mass is 340 g/mol. The number of fused-ring (bicyclic) bond motifs is 1. The van der Waals surface area contributed by atoms with Gasteiger partial charge in [-0.15, -0.1) is 0 Å². The van der Waals surface area contributed by atoms with Gasteiger partial charge in [0.15, 0.2) is 0 Å². The average Bonchev–Trinajstić information content (AvgIpc) is 2.86. The normalized spacial score (nSPS) is 12.5. The van der Waals surface area contributed by atoms with Crippen molar-refractivity contribution in [3.8, 4) is 5.75 Å². The zero-order chi connectivity index (χ0) is 18.0. The van der Waals surface area contributed by atoms with Gasteiger partial charge in [-0.1, -0.05) is 29.8 Å². The van der Waals surface area contributed by atoms with Crippen LogP contribution in [0.25, 0.3) is 11.0 Å². The van der Waals surface area contributed by atoms with Crippen LogP contribution in [0.4, 0.5) is 0 Å². The summed E-state index contributed by atoms with van der Waals surface area (Å²) in [6.07, 6.45) is -0.769. The molecular weight excluding hydrogens is 316 g/mol. The van der Waals surface area contributed by atoms with E-state index in [-0.39, 0.29) is 18.8 Å². The number of aliphatic hydroxyl groups is 1. The second-order valence-electron chi connectivity index (χ2n) is 6.36. The fourth-order valence-electron chi connectivity index (χ4n) is 3.17. The molecule has 5 nitrogen and oxygen atoms in total. The molecule has 3 aromatic rings. The molecule has 0 bridgehead atoms. The molecule has 1 heterocycles. The summed E-state index contributed by atoms with van der Waals surface area (Å²) in [5.74, 6) is 0.757. The van der Waals surface area contributed by atoms with E-state index in [0.29, 0.717) is 6.54 Å². The molecule has 1 N–H and O–H groups in total. The van der Waals surface area contributed by atoms with Gasteiger partial charge in [0.05, 0.1) is 17.6 Å². The van der Waals surface area contributed by atoms with E-state index in [1.807, 2.05) is 63.2 Å². The lowest BCUT2D eigenvalue weighted by molar-refractivity contribution is 0.0921. The first kappa shape index (κ1) is 17.3.